The fourth-order valence-electron chi connectivity index (χ4n) is 2.26. The van der Waals surface area contributed by atoms with Crippen LogP contribution in [0.15, 0.2) is 18.2 Å². The minimum atomic E-state index is -0.588. The Bertz CT molecular complexity index is 420. The van der Waals surface area contributed by atoms with Crippen LogP contribution in [-0.4, -0.2) is 35.7 Å². The molecule has 0 spiro atoms. The van der Waals surface area contributed by atoms with Gasteiger partial charge < -0.3 is 10.0 Å². The first-order valence-electron chi connectivity index (χ1n) is 6.28. The number of alkyl halides is 1. The lowest BCUT2D eigenvalue weighted by Gasteiger charge is -2.22. The highest BCUT2D eigenvalue weighted by atomic mass is 19.1. The molecule has 0 fully saturated rings. The Balaban J connectivity index is 0.000000771. The second-order valence-corrected chi connectivity index (χ2v) is 3.93. The van der Waals surface area contributed by atoms with Crippen LogP contribution in [0.5, 0.6) is 0 Å². The van der Waals surface area contributed by atoms with Crippen LogP contribution in [0.4, 0.5) is 4.39 Å². The third kappa shape index (κ3) is 2.38. The van der Waals surface area contributed by atoms with E-state index in [2.05, 4.69) is 0 Å². The van der Waals surface area contributed by atoms with E-state index in [0.29, 0.717) is 5.56 Å². The van der Waals surface area contributed by atoms with Gasteiger partial charge in [-0.3, -0.25) is 4.79 Å². The van der Waals surface area contributed by atoms with E-state index in [-0.39, 0.29) is 19.1 Å². The van der Waals surface area contributed by atoms with E-state index in [1.54, 1.807) is 0 Å². The lowest BCUT2D eigenvalue weighted by molar-refractivity contribution is 0.0639. The number of aliphatic hydroxyl groups is 1. The number of fused-ring (bicyclic) bond motifs is 1. The molecule has 0 saturated heterocycles. The molecule has 18 heavy (non-hydrogen) atoms. The Morgan fingerprint density at radius 1 is 1.39 bits per heavy atom. The van der Waals surface area contributed by atoms with Crippen molar-refractivity contribution in [1.29, 1.82) is 0 Å². The number of aliphatic hydroxyl groups excluding tert-OH is 1. The first-order chi connectivity index (χ1) is 8.70. The second-order valence-electron chi connectivity index (χ2n) is 3.93. The maximum Gasteiger partial charge on any atom is 0.255 e. The van der Waals surface area contributed by atoms with Crippen LogP contribution in [0.3, 0.4) is 0 Å². The van der Waals surface area contributed by atoms with E-state index in [4.69, 9.17) is 0 Å². The molecule has 1 N–H and O–H groups in total. The maximum atomic E-state index is 12.4. The molecule has 1 heterocycles. The molecule has 100 valence electrons. The molecule has 0 bridgehead atoms. The van der Waals surface area contributed by atoms with E-state index in [9.17, 15) is 14.3 Å². The van der Waals surface area contributed by atoms with Gasteiger partial charge in [0.1, 0.15) is 6.67 Å². The van der Waals surface area contributed by atoms with Crippen LogP contribution in [-0.2, 0) is 0 Å². The van der Waals surface area contributed by atoms with Crippen molar-refractivity contribution >= 4 is 5.91 Å². The summed E-state index contributed by atoms with van der Waals surface area (Å²) < 4.78 is 12.4. The molecule has 0 aliphatic carbocycles. The molecule has 1 aromatic carbocycles. The number of amides is 1. The van der Waals surface area contributed by atoms with Gasteiger partial charge in [0.2, 0.25) is 0 Å². The minimum Gasteiger partial charge on any atom is -0.394 e. The zero-order valence-corrected chi connectivity index (χ0v) is 11.1. The SMILES string of the molecule is CC.Cc1cccc2c1C(=O)N(CCF)C2CO. The van der Waals surface area contributed by atoms with Gasteiger partial charge in [0.15, 0.2) is 0 Å². The Labute approximate surface area is 107 Å². The average Bonchev–Trinajstić information content (AvgIpc) is 2.67. The second kappa shape index (κ2) is 6.50. The molecule has 1 aliphatic heterocycles. The topological polar surface area (TPSA) is 40.5 Å². The number of benzene rings is 1. The van der Waals surface area contributed by atoms with Crippen LogP contribution in [0.2, 0.25) is 0 Å². The van der Waals surface area contributed by atoms with Crippen molar-refractivity contribution < 1.29 is 14.3 Å². The molecule has 2 rings (SSSR count). The van der Waals surface area contributed by atoms with Gasteiger partial charge in [0.05, 0.1) is 19.2 Å². The summed E-state index contributed by atoms with van der Waals surface area (Å²) in [6.45, 7) is 5.14. The zero-order valence-electron chi connectivity index (χ0n) is 11.1. The van der Waals surface area contributed by atoms with Gasteiger partial charge in [0, 0.05) is 5.56 Å². The van der Waals surface area contributed by atoms with E-state index in [0.717, 1.165) is 11.1 Å². The van der Waals surface area contributed by atoms with Gasteiger partial charge in [-0.05, 0) is 18.1 Å². The molecule has 0 aromatic heterocycles. The Morgan fingerprint density at radius 3 is 2.61 bits per heavy atom. The molecule has 1 aliphatic rings. The van der Waals surface area contributed by atoms with Gasteiger partial charge in [-0.25, -0.2) is 4.39 Å². The smallest absolute Gasteiger partial charge is 0.255 e. The van der Waals surface area contributed by atoms with Crippen molar-refractivity contribution in [2.75, 3.05) is 19.8 Å². The zero-order chi connectivity index (χ0) is 13.7. The number of rotatable bonds is 3. The van der Waals surface area contributed by atoms with Crippen LogP contribution in [0.25, 0.3) is 0 Å². The van der Waals surface area contributed by atoms with E-state index >= 15 is 0 Å². The number of hydrogen-bond donors (Lipinski definition) is 1. The first-order valence-corrected chi connectivity index (χ1v) is 6.28. The number of nitrogens with zero attached hydrogens (tertiary/aromatic N) is 1. The van der Waals surface area contributed by atoms with Crippen molar-refractivity contribution in [3.8, 4) is 0 Å². The average molecular weight is 253 g/mol. The Kier molecular flexibility index (Phi) is 5.28. The molecular weight excluding hydrogens is 233 g/mol. The maximum absolute atomic E-state index is 12.4. The fraction of sp³-hybridized carbons (Fsp3) is 0.500. The van der Waals surface area contributed by atoms with Crippen molar-refractivity contribution in [2.45, 2.75) is 26.8 Å². The predicted molar refractivity (Wildman–Crippen MR) is 69.4 cm³/mol. The molecule has 1 atom stereocenters. The molecular formula is C14H20FNO2. The molecule has 1 unspecified atom stereocenters. The lowest BCUT2D eigenvalue weighted by Crippen LogP contribution is -2.31. The highest BCUT2D eigenvalue weighted by molar-refractivity contribution is 6.00. The number of halogens is 1. The lowest BCUT2D eigenvalue weighted by atomic mass is 10.0. The molecule has 1 aromatic rings. The van der Waals surface area contributed by atoms with Crippen LogP contribution >= 0.6 is 0 Å². The van der Waals surface area contributed by atoms with Crippen molar-refractivity contribution in [3.63, 3.8) is 0 Å². The summed E-state index contributed by atoms with van der Waals surface area (Å²) in [5, 5.41) is 9.30. The van der Waals surface area contributed by atoms with Gasteiger partial charge >= 0.3 is 0 Å². The number of aryl methyl sites for hydroxylation is 1. The fourth-order valence-corrected chi connectivity index (χ4v) is 2.26. The molecule has 1 amide bonds. The van der Waals surface area contributed by atoms with E-state index < -0.39 is 12.7 Å². The molecule has 3 nitrogen and oxygen atoms in total. The summed E-state index contributed by atoms with van der Waals surface area (Å²) in [5.41, 5.74) is 2.30. The highest BCUT2D eigenvalue weighted by Crippen LogP contribution is 2.34. The van der Waals surface area contributed by atoms with Gasteiger partial charge in [-0.15, -0.1) is 0 Å². The van der Waals surface area contributed by atoms with Gasteiger partial charge in [-0.2, -0.15) is 0 Å². The molecule has 0 radical (unpaired) electrons. The number of hydrogen-bond acceptors (Lipinski definition) is 2. The van der Waals surface area contributed by atoms with E-state index in [1.807, 2.05) is 39.0 Å². The van der Waals surface area contributed by atoms with Crippen molar-refractivity contribution in [1.82, 2.24) is 4.90 Å². The summed E-state index contributed by atoms with van der Waals surface area (Å²) in [7, 11) is 0. The summed E-state index contributed by atoms with van der Waals surface area (Å²) in [5.74, 6) is -0.176. The largest absolute Gasteiger partial charge is 0.394 e. The minimum absolute atomic E-state index is 0.0399. The van der Waals surface area contributed by atoms with Crippen LogP contribution < -0.4 is 0 Å². The Morgan fingerprint density at radius 2 is 2.06 bits per heavy atom. The normalized spacial score (nSPS) is 17.3. The number of carbonyl (C=O) groups is 1. The standard InChI is InChI=1S/C12H14FNO2.C2H6/c1-8-3-2-4-9-10(7-15)14(6-5-13)12(16)11(8)9;1-2/h2-4,10,15H,5-7H2,1H3;1-2H3. The van der Waals surface area contributed by atoms with Crippen molar-refractivity contribution in [3.05, 3.63) is 34.9 Å². The van der Waals surface area contributed by atoms with Gasteiger partial charge in [-0.1, -0.05) is 32.0 Å². The van der Waals surface area contributed by atoms with Crippen molar-refractivity contribution in [2.24, 2.45) is 0 Å². The monoisotopic (exact) mass is 253 g/mol. The Hall–Kier alpha value is -1.42. The quantitative estimate of drug-likeness (QED) is 0.899. The van der Waals surface area contributed by atoms with Crippen LogP contribution in [0.1, 0.15) is 41.4 Å². The molecule has 0 saturated carbocycles. The summed E-state index contributed by atoms with van der Waals surface area (Å²) in [6, 6.07) is 5.13. The van der Waals surface area contributed by atoms with E-state index in [1.165, 1.54) is 4.90 Å². The first kappa shape index (κ1) is 14.6. The summed E-state index contributed by atoms with van der Waals surface area (Å²) >= 11 is 0. The third-order valence-electron chi connectivity index (χ3n) is 3.01. The van der Waals surface area contributed by atoms with Crippen LogP contribution in [0, 0.1) is 6.92 Å². The third-order valence-corrected chi connectivity index (χ3v) is 3.01. The highest BCUT2D eigenvalue weighted by Gasteiger charge is 2.36. The summed E-state index contributed by atoms with van der Waals surface area (Å²) in [6.07, 6.45) is 0. The summed E-state index contributed by atoms with van der Waals surface area (Å²) in [4.78, 5) is 13.4. The van der Waals surface area contributed by atoms with Gasteiger partial charge in [0.25, 0.3) is 5.91 Å². The number of carbonyl (C=O) groups excluding carboxylic acids is 1. The molecule has 4 heteroatoms. The predicted octanol–water partition coefficient (Wildman–Crippen LogP) is 2.48.